The van der Waals surface area contributed by atoms with Gasteiger partial charge in [0.15, 0.2) is 5.65 Å². The van der Waals surface area contributed by atoms with Crippen molar-refractivity contribution in [2.24, 2.45) is 0 Å². The van der Waals surface area contributed by atoms with Crippen LogP contribution in [0.15, 0.2) is 16.9 Å². The normalized spacial score (nSPS) is 12.9. The molecular formula is C11H17N5O2. The second kappa shape index (κ2) is 3.81. The van der Waals surface area contributed by atoms with Crippen molar-refractivity contribution in [1.82, 2.24) is 19.8 Å². The Labute approximate surface area is 104 Å². The second-order valence-corrected chi connectivity index (χ2v) is 5.33. The van der Waals surface area contributed by atoms with Gasteiger partial charge in [-0.05, 0) is 39.8 Å². The molecule has 0 spiro atoms. The summed E-state index contributed by atoms with van der Waals surface area (Å²) in [5.41, 5.74) is -1.48. The van der Waals surface area contributed by atoms with E-state index in [-0.39, 0.29) is 0 Å². The van der Waals surface area contributed by atoms with E-state index in [4.69, 9.17) is 0 Å². The standard InChI is InChI=1S/C11H17N5O2/c1-10(2,11(3,4)18)12-7-5-6-8-13-14-9(17)16(8)15-7/h5-6,18H,1-4H3,(H,12,15)(H,14,17). The predicted octanol–water partition coefficient (Wildman–Crippen LogP) is 0.379. The minimum atomic E-state index is -0.939. The number of hydrogen-bond donors (Lipinski definition) is 3. The smallest absolute Gasteiger partial charge is 0.364 e. The minimum absolute atomic E-state index is 0.394. The summed E-state index contributed by atoms with van der Waals surface area (Å²) in [6.45, 7) is 7.14. The first-order valence-electron chi connectivity index (χ1n) is 5.66. The maximum atomic E-state index is 11.4. The number of aromatic amines is 1. The van der Waals surface area contributed by atoms with Crippen LogP contribution in [0.4, 0.5) is 5.82 Å². The van der Waals surface area contributed by atoms with Crippen LogP contribution in [0.25, 0.3) is 5.65 Å². The molecule has 18 heavy (non-hydrogen) atoms. The van der Waals surface area contributed by atoms with Crippen molar-refractivity contribution >= 4 is 11.5 Å². The first kappa shape index (κ1) is 12.6. The number of aromatic nitrogens is 4. The largest absolute Gasteiger partial charge is 0.388 e. The van der Waals surface area contributed by atoms with Crippen molar-refractivity contribution < 1.29 is 5.11 Å². The van der Waals surface area contributed by atoms with Crippen LogP contribution >= 0.6 is 0 Å². The quantitative estimate of drug-likeness (QED) is 0.733. The Hall–Kier alpha value is -1.89. The average molecular weight is 251 g/mol. The lowest BCUT2D eigenvalue weighted by Crippen LogP contribution is -2.51. The molecule has 2 aromatic rings. The molecular weight excluding hydrogens is 234 g/mol. The highest BCUT2D eigenvalue weighted by molar-refractivity contribution is 5.44. The SMILES string of the molecule is CC(C)(O)C(C)(C)Nc1ccc2n[nH]c(=O)n2n1. The van der Waals surface area contributed by atoms with Gasteiger partial charge in [0.2, 0.25) is 0 Å². The van der Waals surface area contributed by atoms with E-state index in [1.54, 1.807) is 26.0 Å². The lowest BCUT2D eigenvalue weighted by molar-refractivity contribution is 0.0238. The van der Waals surface area contributed by atoms with Gasteiger partial charge in [-0.15, -0.1) is 5.10 Å². The summed E-state index contributed by atoms with van der Waals surface area (Å²) in [4.78, 5) is 11.4. The minimum Gasteiger partial charge on any atom is -0.388 e. The topological polar surface area (TPSA) is 95.3 Å². The van der Waals surface area contributed by atoms with Crippen molar-refractivity contribution in [2.75, 3.05) is 5.32 Å². The Balaban J connectivity index is 2.38. The molecule has 98 valence electrons. The molecule has 2 rings (SSSR count). The second-order valence-electron chi connectivity index (χ2n) is 5.33. The molecule has 0 aliphatic carbocycles. The molecule has 7 heteroatoms. The molecule has 0 fully saturated rings. The number of rotatable bonds is 3. The van der Waals surface area contributed by atoms with Crippen molar-refractivity contribution in [2.45, 2.75) is 38.8 Å². The summed E-state index contributed by atoms with van der Waals surface area (Å²) < 4.78 is 1.17. The van der Waals surface area contributed by atoms with E-state index >= 15 is 0 Å². The number of aliphatic hydroxyl groups is 1. The van der Waals surface area contributed by atoms with Crippen LogP contribution in [0.2, 0.25) is 0 Å². The third-order valence-corrected chi connectivity index (χ3v) is 3.24. The monoisotopic (exact) mass is 251 g/mol. The highest BCUT2D eigenvalue weighted by atomic mass is 16.3. The number of H-pyrrole nitrogens is 1. The molecule has 0 saturated carbocycles. The molecule has 2 heterocycles. The molecule has 0 saturated heterocycles. The molecule has 0 atom stereocenters. The molecule has 0 unspecified atom stereocenters. The van der Waals surface area contributed by atoms with Gasteiger partial charge in [0.1, 0.15) is 5.82 Å². The third-order valence-electron chi connectivity index (χ3n) is 3.24. The Morgan fingerprint density at radius 3 is 2.61 bits per heavy atom. The van der Waals surface area contributed by atoms with Crippen LogP contribution in [0.3, 0.4) is 0 Å². The van der Waals surface area contributed by atoms with Crippen LogP contribution < -0.4 is 11.0 Å². The van der Waals surface area contributed by atoms with Gasteiger partial charge in [-0.25, -0.2) is 9.89 Å². The molecule has 0 amide bonds. The Morgan fingerprint density at radius 2 is 2.00 bits per heavy atom. The van der Waals surface area contributed by atoms with Gasteiger partial charge < -0.3 is 10.4 Å². The van der Waals surface area contributed by atoms with E-state index in [1.165, 1.54) is 4.52 Å². The average Bonchev–Trinajstić information content (AvgIpc) is 2.58. The summed E-state index contributed by atoms with van der Waals surface area (Å²) >= 11 is 0. The summed E-state index contributed by atoms with van der Waals surface area (Å²) in [6, 6.07) is 3.39. The highest BCUT2D eigenvalue weighted by Crippen LogP contribution is 2.24. The number of nitrogens with one attached hydrogen (secondary N) is 2. The summed E-state index contributed by atoms with van der Waals surface area (Å²) in [5, 5.41) is 23.4. The van der Waals surface area contributed by atoms with E-state index in [0.717, 1.165) is 0 Å². The Bertz CT molecular complexity index is 620. The number of fused-ring (bicyclic) bond motifs is 1. The van der Waals surface area contributed by atoms with Crippen LogP contribution in [0, 0.1) is 0 Å². The lowest BCUT2D eigenvalue weighted by atomic mass is 9.86. The van der Waals surface area contributed by atoms with Gasteiger partial charge >= 0.3 is 5.69 Å². The fourth-order valence-corrected chi connectivity index (χ4v) is 1.34. The number of anilines is 1. The maximum absolute atomic E-state index is 11.4. The maximum Gasteiger partial charge on any atom is 0.364 e. The van der Waals surface area contributed by atoms with Crippen LogP contribution in [-0.2, 0) is 0 Å². The van der Waals surface area contributed by atoms with Gasteiger partial charge in [-0.2, -0.15) is 9.61 Å². The van der Waals surface area contributed by atoms with E-state index in [1.807, 2.05) is 13.8 Å². The Morgan fingerprint density at radius 1 is 1.33 bits per heavy atom. The van der Waals surface area contributed by atoms with E-state index < -0.39 is 16.8 Å². The Kier molecular flexibility index (Phi) is 2.66. The molecule has 0 bridgehead atoms. The number of nitrogens with zero attached hydrogens (tertiary/aromatic N) is 3. The fourth-order valence-electron chi connectivity index (χ4n) is 1.34. The van der Waals surface area contributed by atoms with E-state index in [0.29, 0.717) is 11.5 Å². The van der Waals surface area contributed by atoms with Crippen molar-refractivity contribution in [3.05, 3.63) is 22.6 Å². The van der Waals surface area contributed by atoms with Crippen molar-refractivity contribution in [3.63, 3.8) is 0 Å². The molecule has 0 aliphatic heterocycles. The van der Waals surface area contributed by atoms with Gasteiger partial charge in [0.25, 0.3) is 0 Å². The van der Waals surface area contributed by atoms with Gasteiger partial charge in [0.05, 0.1) is 11.1 Å². The molecule has 2 aromatic heterocycles. The highest BCUT2D eigenvalue weighted by Gasteiger charge is 2.35. The first-order valence-corrected chi connectivity index (χ1v) is 5.66. The van der Waals surface area contributed by atoms with E-state index in [2.05, 4.69) is 20.6 Å². The fraction of sp³-hybridized carbons (Fsp3) is 0.545. The molecule has 7 nitrogen and oxygen atoms in total. The lowest BCUT2D eigenvalue weighted by Gasteiger charge is -2.38. The molecule has 3 N–H and O–H groups in total. The zero-order valence-corrected chi connectivity index (χ0v) is 10.9. The molecule has 0 aliphatic rings. The van der Waals surface area contributed by atoms with Gasteiger partial charge in [-0.3, -0.25) is 0 Å². The van der Waals surface area contributed by atoms with E-state index in [9.17, 15) is 9.90 Å². The summed E-state index contributed by atoms with van der Waals surface area (Å²) in [5.74, 6) is 0.498. The molecule has 0 radical (unpaired) electrons. The third kappa shape index (κ3) is 2.08. The predicted molar refractivity (Wildman–Crippen MR) is 67.6 cm³/mol. The zero-order chi connectivity index (χ0) is 13.6. The molecule has 0 aromatic carbocycles. The summed E-state index contributed by atoms with van der Waals surface area (Å²) in [6.07, 6.45) is 0. The van der Waals surface area contributed by atoms with Crippen LogP contribution in [0.5, 0.6) is 0 Å². The van der Waals surface area contributed by atoms with Crippen molar-refractivity contribution in [3.8, 4) is 0 Å². The van der Waals surface area contributed by atoms with Crippen LogP contribution in [-0.4, -0.2) is 36.1 Å². The van der Waals surface area contributed by atoms with Crippen molar-refractivity contribution in [1.29, 1.82) is 0 Å². The zero-order valence-electron chi connectivity index (χ0n) is 10.9. The number of hydrogen-bond acceptors (Lipinski definition) is 5. The van der Waals surface area contributed by atoms with Gasteiger partial charge in [-0.1, -0.05) is 0 Å². The summed E-state index contributed by atoms with van der Waals surface area (Å²) in [7, 11) is 0. The first-order chi connectivity index (χ1) is 8.21. The van der Waals surface area contributed by atoms with Crippen LogP contribution in [0.1, 0.15) is 27.7 Å². The van der Waals surface area contributed by atoms with Gasteiger partial charge in [0, 0.05) is 0 Å².